The van der Waals surface area contributed by atoms with Gasteiger partial charge in [0.05, 0.1) is 19.3 Å². The third kappa shape index (κ3) is 6.04. The van der Waals surface area contributed by atoms with Crippen LogP contribution < -0.4 is 10.1 Å². The molecule has 1 N–H and O–H groups in total. The van der Waals surface area contributed by atoms with Crippen molar-refractivity contribution in [3.05, 3.63) is 23.9 Å². The Morgan fingerprint density at radius 3 is 2.65 bits per heavy atom. The number of carbonyl (C=O) groups excluding carboxylic acids is 3. The van der Waals surface area contributed by atoms with Gasteiger partial charge in [0, 0.05) is 51.8 Å². The molecule has 0 saturated carbocycles. The molecule has 5 heterocycles. The van der Waals surface area contributed by atoms with Crippen molar-refractivity contribution in [1.82, 2.24) is 25.0 Å². The minimum absolute atomic E-state index is 0.0357. The van der Waals surface area contributed by atoms with E-state index >= 15 is 0 Å². The molecule has 4 aliphatic rings. The maximum atomic E-state index is 13.2. The predicted molar refractivity (Wildman–Crippen MR) is 124 cm³/mol. The number of ether oxygens (including phenoxy) is 2. The Hall–Kier alpha value is -2.72. The van der Waals surface area contributed by atoms with Crippen LogP contribution in [0, 0.1) is 5.92 Å². The Balaban J connectivity index is 1.47. The van der Waals surface area contributed by atoms with E-state index in [1.54, 1.807) is 25.1 Å². The topological polar surface area (TPSA) is 104 Å². The number of fused-ring (bicyclic) bond motifs is 10. The SMILES string of the molecule is CC(=O)N1CCOCCOc2cccc(n2)C(=O)N[C@H]2C[C@@H](C(=O)N3CCC(CC3)C1)N(C)C2. The van der Waals surface area contributed by atoms with Crippen molar-refractivity contribution in [1.29, 1.82) is 0 Å². The van der Waals surface area contributed by atoms with Crippen molar-refractivity contribution in [2.24, 2.45) is 5.92 Å². The molecule has 2 atom stereocenters. The first kappa shape index (κ1) is 24.4. The zero-order valence-electron chi connectivity index (χ0n) is 20.1. The van der Waals surface area contributed by atoms with Gasteiger partial charge in [0.1, 0.15) is 12.3 Å². The summed E-state index contributed by atoms with van der Waals surface area (Å²) in [5.74, 6) is 0.608. The Kier molecular flexibility index (Phi) is 7.99. The van der Waals surface area contributed by atoms with Crippen LogP contribution in [0.15, 0.2) is 18.2 Å². The maximum Gasteiger partial charge on any atom is 0.270 e. The van der Waals surface area contributed by atoms with E-state index in [1.165, 1.54) is 0 Å². The van der Waals surface area contributed by atoms with Crippen LogP contribution in [0.5, 0.6) is 5.88 Å². The number of likely N-dealkylation sites (tertiary alicyclic amines) is 1. The predicted octanol–water partition coefficient (Wildman–Crippen LogP) is 0.380. The van der Waals surface area contributed by atoms with E-state index in [-0.39, 0.29) is 35.5 Å². The fourth-order valence-electron chi connectivity index (χ4n) is 4.99. The van der Waals surface area contributed by atoms with Crippen molar-refractivity contribution < 1.29 is 23.9 Å². The summed E-state index contributed by atoms with van der Waals surface area (Å²) < 4.78 is 11.3. The minimum Gasteiger partial charge on any atom is -0.475 e. The number of amides is 3. The molecule has 186 valence electrons. The van der Waals surface area contributed by atoms with E-state index in [0.717, 1.165) is 12.8 Å². The Labute approximate surface area is 200 Å². The molecule has 34 heavy (non-hydrogen) atoms. The van der Waals surface area contributed by atoms with Crippen LogP contribution in [0.2, 0.25) is 0 Å². The standard InChI is InChI=1S/C24H35N5O5/c1-17(30)29-10-11-33-12-13-34-22-5-3-4-20(26-22)23(31)25-19-14-21(27(2)16-19)24(32)28-8-6-18(15-29)7-9-28/h3-5,18-19,21H,6-16H2,1-2H3,(H,25,31)/t19-,21-/m0/s1. The fraction of sp³-hybridized carbons (Fsp3) is 0.667. The first-order valence-electron chi connectivity index (χ1n) is 12.1. The van der Waals surface area contributed by atoms with Crippen LogP contribution in [-0.2, 0) is 14.3 Å². The smallest absolute Gasteiger partial charge is 0.270 e. The van der Waals surface area contributed by atoms with E-state index in [0.29, 0.717) is 70.8 Å². The summed E-state index contributed by atoms with van der Waals surface area (Å²) in [4.78, 5) is 48.3. The largest absolute Gasteiger partial charge is 0.475 e. The molecule has 2 fully saturated rings. The molecule has 0 spiro atoms. The van der Waals surface area contributed by atoms with Crippen LogP contribution >= 0.6 is 0 Å². The van der Waals surface area contributed by atoms with Gasteiger partial charge in [-0.25, -0.2) is 4.98 Å². The van der Waals surface area contributed by atoms with Gasteiger partial charge in [-0.05, 0) is 38.3 Å². The molecule has 1 aromatic heterocycles. The van der Waals surface area contributed by atoms with Gasteiger partial charge in [0.25, 0.3) is 5.91 Å². The first-order valence-corrected chi connectivity index (χ1v) is 12.1. The van der Waals surface area contributed by atoms with Crippen LogP contribution in [0.25, 0.3) is 0 Å². The van der Waals surface area contributed by atoms with E-state index < -0.39 is 0 Å². The molecule has 0 unspecified atom stereocenters. The van der Waals surface area contributed by atoms with Crippen LogP contribution in [0.3, 0.4) is 0 Å². The Bertz CT molecular complexity index is 888. The highest BCUT2D eigenvalue weighted by Gasteiger charge is 2.38. The average molecular weight is 474 g/mol. The molecule has 10 nitrogen and oxygen atoms in total. The molecule has 0 aliphatic carbocycles. The molecular weight excluding hydrogens is 438 g/mol. The van der Waals surface area contributed by atoms with Gasteiger partial charge in [0.15, 0.2) is 0 Å². The third-order valence-electron chi connectivity index (χ3n) is 6.96. The molecular formula is C24H35N5O5. The first-order chi connectivity index (χ1) is 16.4. The molecule has 2 saturated heterocycles. The van der Waals surface area contributed by atoms with Crippen molar-refractivity contribution in [3.63, 3.8) is 0 Å². The van der Waals surface area contributed by atoms with Gasteiger partial charge in [-0.3, -0.25) is 19.3 Å². The molecule has 10 heteroatoms. The number of likely N-dealkylation sites (N-methyl/N-ethyl adjacent to an activating group) is 1. The van der Waals surface area contributed by atoms with E-state index in [9.17, 15) is 14.4 Å². The summed E-state index contributed by atoms with van der Waals surface area (Å²) in [6.45, 7) is 5.88. The number of rotatable bonds is 0. The van der Waals surface area contributed by atoms with Crippen molar-refractivity contribution >= 4 is 17.7 Å². The summed E-state index contributed by atoms with van der Waals surface area (Å²) in [7, 11) is 1.93. The van der Waals surface area contributed by atoms with Crippen molar-refractivity contribution in [2.45, 2.75) is 38.3 Å². The summed E-state index contributed by atoms with van der Waals surface area (Å²) >= 11 is 0. The molecule has 5 rings (SSSR count). The summed E-state index contributed by atoms with van der Waals surface area (Å²) in [6.07, 6.45) is 2.33. The van der Waals surface area contributed by atoms with Crippen LogP contribution in [0.1, 0.15) is 36.7 Å². The number of hydrogen-bond acceptors (Lipinski definition) is 7. The number of hydrogen-bond donors (Lipinski definition) is 1. The normalized spacial score (nSPS) is 27.6. The summed E-state index contributed by atoms with van der Waals surface area (Å²) in [5, 5.41) is 3.03. The number of piperidine rings is 1. The lowest BCUT2D eigenvalue weighted by Gasteiger charge is -2.36. The van der Waals surface area contributed by atoms with Gasteiger partial charge in [0.2, 0.25) is 17.7 Å². The lowest BCUT2D eigenvalue weighted by Crippen LogP contribution is -2.48. The second kappa shape index (κ2) is 11.1. The van der Waals surface area contributed by atoms with Gasteiger partial charge in [-0.15, -0.1) is 0 Å². The highest BCUT2D eigenvalue weighted by atomic mass is 16.5. The molecule has 6 bridgehead atoms. The third-order valence-corrected chi connectivity index (χ3v) is 6.96. The highest BCUT2D eigenvalue weighted by molar-refractivity contribution is 5.92. The molecule has 1 aromatic rings. The number of nitrogens with one attached hydrogen (secondary N) is 1. The summed E-state index contributed by atoms with van der Waals surface area (Å²) in [6, 6.07) is 4.71. The van der Waals surface area contributed by atoms with Gasteiger partial charge < -0.3 is 24.6 Å². The minimum atomic E-state index is -0.274. The Morgan fingerprint density at radius 2 is 1.88 bits per heavy atom. The molecule has 3 amide bonds. The van der Waals surface area contributed by atoms with E-state index in [1.807, 2.05) is 21.7 Å². The average Bonchev–Trinajstić information content (AvgIpc) is 3.19. The van der Waals surface area contributed by atoms with Crippen LogP contribution in [0.4, 0.5) is 0 Å². The van der Waals surface area contributed by atoms with Crippen LogP contribution in [-0.4, -0.2) is 109 Å². The van der Waals surface area contributed by atoms with E-state index in [2.05, 4.69) is 10.3 Å². The Morgan fingerprint density at radius 1 is 1.09 bits per heavy atom. The number of carbonyl (C=O) groups is 3. The quantitative estimate of drug-likeness (QED) is 0.543. The highest BCUT2D eigenvalue weighted by Crippen LogP contribution is 2.24. The zero-order chi connectivity index (χ0) is 24.1. The monoisotopic (exact) mass is 473 g/mol. The number of nitrogens with zero attached hydrogens (tertiary/aromatic N) is 4. The number of aromatic nitrogens is 1. The molecule has 4 aliphatic heterocycles. The molecule has 0 radical (unpaired) electrons. The second-order valence-corrected chi connectivity index (χ2v) is 9.42. The van der Waals surface area contributed by atoms with Gasteiger partial charge in [-0.2, -0.15) is 0 Å². The lowest BCUT2D eigenvalue weighted by atomic mass is 9.95. The number of pyridine rings is 1. The second-order valence-electron chi connectivity index (χ2n) is 9.42. The maximum absolute atomic E-state index is 13.2. The summed E-state index contributed by atoms with van der Waals surface area (Å²) in [5.41, 5.74) is 0.279. The van der Waals surface area contributed by atoms with Crippen molar-refractivity contribution in [3.8, 4) is 5.88 Å². The van der Waals surface area contributed by atoms with Gasteiger partial charge in [-0.1, -0.05) is 6.07 Å². The zero-order valence-corrected chi connectivity index (χ0v) is 20.1. The lowest BCUT2D eigenvalue weighted by molar-refractivity contribution is -0.138. The van der Waals surface area contributed by atoms with Gasteiger partial charge >= 0.3 is 0 Å². The molecule has 0 aromatic carbocycles. The van der Waals surface area contributed by atoms with Crippen molar-refractivity contribution in [2.75, 3.05) is 59.6 Å². The van der Waals surface area contributed by atoms with E-state index in [4.69, 9.17) is 9.47 Å². The fourth-order valence-corrected chi connectivity index (χ4v) is 4.99.